The van der Waals surface area contributed by atoms with Crippen LogP contribution in [0.4, 0.5) is 10.1 Å². The molecule has 3 aliphatic heterocycles. The number of aliphatic hydroxyl groups is 1. The van der Waals surface area contributed by atoms with Crippen LogP contribution in [0.5, 0.6) is 0 Å². The number of piperidine rings is 1. The molecule has 2 aromatic rings. The van der Waals surface area contributed by atoms with E-state index in [4.69, 9.17) is 10.3 Å². The quantitative estimate of drug-likeness (QED) is 0.544. The molecule has 2 fully saturated rings. The highest BCUT2D eigenvalue weighted by molar-refractivity contribution is 7.16. The number of hydrogen-bond donors (Lipinski definition) is 4. The molecule has 158 valence electrons. The summed E-state index contributed by atoms with van der Waals surface area (Å²) < 4.78 is 0. The van der Waals surface area contributed by atoms with Crippen LogP contribution >= 0.6 is 22.7 Å². The molecule has 1 unspecified atom stereocenters. The first kappa shape index (κ1) is 19.9. The first-order valence-electron chi connectivity index (χ1n) is 10.4. The van der Waals surface area contributed by atoms with Gasteiger partial charge in [0, 0.05) is 37.3 Å². The van der Waals surface area contributed by atoms with Crippen molar-refractivity contribution >= 4 is 38.6 Å². The van der Waals surface area contributed by atoms with E-state index in [0.717, 1.165) is 45.8 Å². The maximum Gasteiger partial charge on any atom is 0.188 e. The SMILES string of the molecule is N#CCCN1[C@@H]2CC[C@H]1C[C@H](NC1N=C(Nc3ncc(CO)s3)c3ccsc3N1)C2. The van der Waals surface area contributed by atoms with Gasteiger partial charge in [0.15, 0.2) is 11.4 Å². The molecule has 0 radical (unpaired) electrons. The van der Waals surface area contributed by atoms with Crippen molar-refractivity contribution in [1.82, 2.24) is 15.2 Å². The third kappa shape index (κ3) is 3.96. The number of anilines is 2. The Morgan fingerprint density at radius 1 is 1.33 bits per heavy atom. The van der Waals surface area contributed by atoms with Gasteiger partial charge in [0.2, 0.25) is 0 Å². The molecule has 0 aliphatic carbocycles. The van der Waals surface area contributed by atoms with Crippen LogP contribution in [0.3, 0.4) is 0 Å². The zero-order chi connectivity index (χ0) is 20.5. The van der Waals surface area contributed by atoms with Gasteiger partial charge in [0.05, 0.1) is 23.1 Å². The second-order valence-corrected chi connectivity index (χ2v) is 10.0. The first-order chi connectivity index (χ1) is 14.7. The minimum Gasteiger partial charge on any atom is -0.391 e. The number of fused-ring (bicyclic) bond motifs is 3. The molecule has 5 heterocycles. The second-order valence-electron chi connectivity index (χ2n) is 7.97. The Bertz CT molecular complexity index is 951. The van der Waals surface area contributed by atoms with E-state index in [9.17, 15) is 5.11 Å². The average Bonchev–Trinajstić information content (AvgIpc) is 3.45. The molecule has 4 N–H and O–H groups in total. The van der Waals surface area contributed by atoms with E-state index in [1.54, 1.807) is 17.5 Å². The number of amidine groups is 1. The molecule has 2 aromatic heterocycles. The summed E-state index contributed by atoms with van der Waals surface area (Å²) in [6.07, 6.45) is 6.78. The molecule has 10 heteroatoms. The fourth-order valence-corrected chi connectivity index (χ4v) is 6.34. The van der Waals surface area contributed by atoms with E-state index in [1.165, 1.54) is 24.2 Å². The van der Waals surface area contributed by atoms with Crippen LogP contribution in [-0.4, -0.2) is 51.8 Å². The van der Waals surface area contributed by atoms with Gasteiger partial charge in [-0.05, 0) is 37.1 Å². The fraction of sp³-hybridized carbons (Fsp3) is 0.550. The molecule has 8 nitrogen and oxygen atoms in total. The first-order valence-corrected chi connectivity index (χ1v) is 12.1. The lowest BCUT2D eigenvalue weighted by Crippen LogP contribution is -2.53. The number of aromatic nitrogens is 1. The third-order valence-electron chi connectivity index (χ3n) is 6.14. The van der Waals surface area contributed by atoms with Crippen LogP contribution in [0.2, 0.25) is 0 Å². The molecule has 2 saturated heterocycles. The van der Waals surface area contributed by atoms with Crippen molar-refractivity contribution in [2.24, 2.45) is 4.99 Å². The Balaban J connectivity index is 1.28. The van der Waals surface area contributed by atoms with Gasteiger partial charge in [0.1, 0.15) is 10.8 Å². The minimum absolute atomic E-state index is 0.00332. The number of aliphatic imine (C=N–C) groups is 1. The number of rotatable bonds is 6. The highest BCUT2D eigenvalue weighted by Gasteiger charge is 2.41. The second kappa shape index (κ2) is 8.61. The Kier molecular flexibility index (Phi) is 5.71. The van der Waals surface area contributed by atoms with Gasteiger partial charge in [-0.1, -0.05) is 11.3 Å². The number of nitrogens with one attached hydrogen (secondary N) is 3. The Hall–Kier alpha value is -2.03. The molecule has 30 heavy (non-hydrogen) atoms. The monoisotopic (exact) mass is 443 g/mol. The van der Waals surface area contributed by atoms with Crippen molar-refractivity contribution in [2.75, 3.05) is 17.2 Å². The predicted octanol–water partition coefficient (Wildman–Crippen LogP) is 2.76. The van der Waals surface area contributed by atoms with Crippen molar-refractivity contribution in [3.05, 3.63) is 28.1 Å². The summed E-state index contributed by atoms with van der Waals surface area (Å²) in [6.45, 7) is 0.894. The summed E-state index contributed by atoms with van der Waals surface area (Å²) in [4.78, 5) is 12.6. The highest BCUT2D eigenvalue weighted by Crippen LogP contribution is 2.36. The average molecular weight is 444 g/mol. The molecule has 3 aliphatic rings. The van der Waals surface area contributed by atoms with Crippen molar-refractivity contribution in [3.8, 4) is 6.07 Å². The van der Waals surface area contributed by atoms with Crippen molar-refractivity contribution in [1.29, 1.82) is 5.26 Å². The zero-order valence-corrected chi connectivity index (χ0v) is 18.2. The predicted molar refractivity (Wildman–Crippen MR) is 120 cm³/mol. The smallest absolute Gasteiger partial charge is 0.188 e. The number of thiophene rings is 1. The Morgan fingerprint density at radius 2 is 2.17 bits per heavy atom. The van der Waals surface area contributed by atoms with Gasteiger partial charge in [0.25, 0.3) is 0 Å². The van der Waals surface area contributed by atoms with E-state index >= 15 is 0 Å². The van der Waals surface area contributed by atoms with E-state index in [0.29, 0.717) is 24.5 Å². The molecule has 5 rings (SSSR count). The summed E-state index contributed by atoms with van der Waals surface area (Å²) in [6, 6.07) is 5.90. The minimum atomic E-state index is -0.189. The van der Waals surface area contributed by atoms with Crippen LogP contribution in [0.15, 0.2) is 22.6 Å². The molecule has 0 saturated carbocycles. The largest absolute Gasteiger partial charge is 0.391 e. The van der Waals surface area contributed by atoms with Crippen molar-refractivity contribution in [2.45, 2.75) is 63.1 Å². The summed E-state index contributed by atoms with van der Waals surface area (Å²) >= 11 is 3.11. The lowest BCUT2D eigenvalue weighted by atomic mass is 9.97. The Labute approximate surface area is 183 Å². The van der Waals surface area contributed by atoms with E-state index < -0.39 is 0 Å². The lowest BCUT2D eigenvalue weighted by Gasteiger charge is -2.40. The van der Waals surface area contributed by atoms with Crippen LogP contribution in [0, 0.1) is 11.3 Å². The van der Waals surface area contributed by atoms with Crippen molar-refractivity contribution in [3.63, 3.8) is 0 Å². The molecule has 0 spiro atoms. The normalized spacial score (nSPS) is 27.8. The third-order valence-corrected chi connectivity index (χ3v) is 7.88. The van der Waals surface area contributed by atoms with Crippen LogP contribution in [-0.2, 0) is 6.61 Å². The van der Waals surface area contributed by atoms with Gasteiger partial charge in [-0.3, -0.25) is 10.2 Å². The Morgan fingerprint density at radius 3 is 2.90 bits per heavy atom. The van der Waals surface area contributed by atoms with E-state index in [-0.39, 0.29) is 12.9 Å². The molecular formula is C20H25N7OS2. The summed E-state index contributed by atoms with van der Waals surface area (Å²) in [5.41, 5.74) is 1.05. The number of aliphatic hydroxyl groups excluding tert-OH is 1. The molecule has 2 bridgehead atoms. The fourth-order valence-electron chi connectivity index (χ4n) is 4.86. The number of thiazole rings is 1. The number of nitrogens with zero attached hydrogens (tertiary/aromatic N) is 4. The van der Waals surface area contributed by atoms with Gasteiger partial charge in [-0.2, -0.15) is 5.26 Å². The number of hydrogen-bond acceptors (Lipinski definition) is 10. The lowest BCUT2D eigenvalue weighted by molar-refractivity contribution is 0.117. The maximum atomic E-state index is 9.29. The highest BCUT2D eigenvalue weighted by atomic mass is 32.1. The maximum absolute atomic E-state index is 9.29. The molecular weight excluding hydrogens is 418 g/mol. The van der Waals surface area contributed by atoms with Gasteiger partial charge >= 0.3 is 0 Å². The van der Waals surface area contributed by atoms with E-state index in [2.05, 4.69) is 43.3 Å². The van der Waals surface area contributed by atoms with Crippen LogP contribution < -0.4 is 16.0 Å². The van der Waals surface area contributed by atoms with E-state index in [1.807, 2.05) is 0 Å². The van der Waals surface area contributed by atoms with Crippen LogP contribution in [0.25, 0.3) is 0 Å². The van der Waals surface area contributed by atoms with Crippen molar-refractivity contribution < 1.29 is 5.11 Å². The van der Waals surface area contributed by atoms with Crippen LogP contribution in [0.1, 0.15) is 42.5 Å². The molecule has 0 amide bonds. The molecule has 0 aromatic carbocycles. The summed E-state index contributed by atoms with van der Waals surface area (Å²) in [5, 5.41) is 32.7. The topological polar surface area (TPSA) is 109 Å². The standard InChI is InChI=1S/C20H25N7OS2/c21-5-1-6-27-13-2-3-14(27)9-12(8-13)23-19-24-17(16-4-7-29-18(16)26-19)25-20-22-10-15(11-28)30-20/h4,7,10,12-14,19,23,26,28H,1-3,6,8-9,11H2,(H,22,24,25)/t12-,13-,14+,19?. The summed E-state index contributed by atoms with van der Waals surface area (Å²) in [7, 11) is 0. The van der Waals surface area contributed by atoms with Gasteiger partial charge in [-0.25, -0.2) is 9.98 Å². The molecule has 4 atom stereocenters. The van der Waals surface area contributed by atoms with Gasteiger partial charge in [-0.15, -0.1) is 11.3 Å². The van der Waals surface area contributed by atoms with Gasteiger partial charge < -0.3 is 15.7 Å². The zero-order valence-electron chi connectivity index (χ0n) is 16.5. The summed E-state index contributed by atoms with van der Waals surface area (Å²) in [5.74, 6) is 0.802. The number of nitriles is 1.